The lowest BCUT2D eigenvalue weighted by Crippen LogP contribution is -2.11. The van der Waals surface area contributed by atoms with Crippen LogP contribution in [-0.2, 0) is 4.74 Å². The minimum Gasteiger partial charge on any atom is -0.394 e. The molecular weight excluding hydrogens is 211 g/mol. The normalized spacial score (nSPS) is 9.81. The highest BCUT2D eigenvalue weighted by Crippen LogP contribution is 2.13. The summed E-state index contributed by atoms with van der Waals surface area (Å²) in [5.74, 6) is -0.524. The molecule has 2 N–H and O–H groups in total. The zero-order valence-corrected chi connectivity index (χ0v) is 8.74. The van der Waals surface area contributed by atoms with Gasteiger partial charge >= 0.3 is 0 Å². The Balaban J connectivity index is 2.40. The van der Waals surface area contributed by atoms with Gasteiger partial charge in [0.2, 0.25) is 0 Å². The van der Waals surface area contributed by atoms with E-state index < -0.39 is 5.82 Å². The molecule has 0 aliphatic carbocycles. The number of nitrogens with one attached hydrogen (secondary N) is 1. The minimum absolute atomic E-state index is 0.00483. The van der Waals surface area contributed by atoms with Gasteiger partial charge in [0.05, 0.1) is 25.4 Å². The quantitative estimate of drug-likeness (QED) is 0.710. The third-order valence-electron chi connectivity index (χ3n) is 1.90. The van der Waals surface area contributed by atoms with Gasteiger partial charge in [0, 0.05) is 12.2 Å². The molecule has 0 spiro atoms. The molecule has 0 amide bonds. The second kappa shape index (κ2) is 6.77. The molecule has 0 fully saturated rings. The molecule has 0 saturated heterocycles. The Hall–Kier alpha value is -1.64. The van der Waals surface area contributed by atoms with Gasteiger partial charge in [-0.05, 0) is 18.2 Å². The lowest BCUT2D eigenvalue weighted by Gasteiger charge is -2.07. The number of aliphatic hydroxyl groups excluding tert-OH is 1. The number of hydrogen-bond donors (Lipinski definition) is 2. The van der Waals surface area contributed by atoms with Crippen LogP contribution in [0, 0.1) is 17.1 Å². The van der Waals surface area contributed by atoms with Crippen LogP contribution in [0.4, 0.5) is 10.1 Å². The molecule has 0 atom stereocenters. The summed E-state index contributed by atoms with van der Waals surface area (Å²) in [6, 6.07) is 6.02. The van der Waals surface area contributed by atoms with Gasteiger partial charge in [0.25, 0.3) is 0 Å². The summed E-state index contributed by atoms with van der Waals surface area (Å²) in [5.41, 5.74) is 0.687. The van der Waals surface area contributed by atoms with Crippen LogP contribution in [0.15, 0.2) is 18.2 Å². The van der Waals surface area contributed by atoms with Crippen LogP contribution in [0.5, 0.6) is 0 Å². The fourth-order valence-electron chi connectivity index (χ4n) is 1.16. The molecular formula is C11H13FN2O2. The molecule has 1 aromatic rings. The van der Waals surface area contributed by atoms with E-state index in [0.29, 0.717) is 25.4 Å². The molecule has 0 aromatic heterocycles. The molecule has 16 heavy (non-hydrogen) atoms. The van der Waals surface area contributed by atoms with Crippen molar-refractivity contribution in [3.8, 4) is 6.07 Å². The molecule has 0 heterocycles. The number of hydrogen-bond acceptors (Lipinski definition) is 4. The van der Waals surface area contributed by atoms with Crippen LogP contribution >= 0.6 is 0 Å². The SMILES string of the molecule is N#Cc1cc(NCCOCCO)ccc1F. The van der Waals surface area contributed by atoms with E-state index in [4.69, 9.17) is 15.1 Å². The van der Waals surface area contributed by atoms with Gasteiger partial charge in [0.1, 0.15) is 11.9 Å². The van der Waals surface area contributed by atoms with Crippen molar-refractivity contribution >= 4 is 5.69 Å². The number of aliphatic hydroxyl groups is 1. The smallest absolute Gasteiger partial charge is 0.141 e. The maximum atomic E-state index is 13.0. The van der Waals surface area contributed by atoms with E-state index in [2.05, 4.69) is 5.32 Å². The Bertz CT molecular complexity index is 377. The van der Waals surface area contributed by atoms with Crippen LogP contribution < -0.4 is 5.32 Å². The highest BCUT2D eigenvalue weighted by Gasteiger charge is 2.01. The zero-order valence-electron chi connectivity index (χ0n) is 8.74. The molecule has 0 bridgehead atoms. The molecule has 1 rings (SSSR count). The number of nitriles is 1. The highest BCUT2D eigenvalue weighted by molar-refractivity contribution is 5.49. The Morgan fingerprint density at radius 1 is 1.44 bits per heavy atom. The van der Waals surface area contributed by atoms with Gasteiger partial charge in [0.15, 0.2) is 0 Å². The number of halogens is 1. The van der Waals surface area contributed by atoms with Crippen molar-refractivity contribution in [2.24, 2.45) is 0 Å². The lowest BCUT2D eigenvalue weighted by molar-refractivity contribution is 0.0992. The van der Waals surface area contributed by atoms with E-state index in [1.165, 1.54) is 12.1 Å². The Morgan fingerprint density at radius 2 is 2.25 bits per heavy atom. The minimum atomic E-state index is -0.524. The number of benzene rings is 1. The van der Waals surface area contributed by atoms with E-state index >= 15 is 0 Å². The van der Waals surface area contributed by atoms with Crippen molar-refractivity contribution < 1.29 is 14.2 Å². The van der Waals surface area contributed by atoms with Crippen LogP contribution in [0.25, 0.3) is 0 Å². The van der Waals surface area contributed by atoms with Gasteiger partial charge in [-0.1, -0.05) is 0 Å². The maximum absolute atomic E-state index is 13.0. The molecule has 86 valence electrons. The van der Waals surface area contributed by atoms with Crippen molar-refractivity contribution in [3.05, 3.63) is 29.6 Å². The first kappa shape index (κ1) is 12.4. The van der Waals surface area contributed by atoms with Crippen molar-refractivity contribution in [1.82, 2.24) is 0 Å². The van der Waals surface area contributed by atoms with Gasteiger partial charge in [-0.25, -0.2) is 4.39 Å². The van der Waals surface area contributed by atoms with Crippen molar-refractivity contribution in [2.75, 3.05) is 31.7 Å². The Labute approximate surface area is 93.3 Å². The first-order valence-corrected chi connectivity index (χ1v) is 4.90. The predicted octanol–water partition coefficient (Wildman–Crippen LogP) is 1.12. The summed E-state index contributed by atoms with van der Waals surface area (Å²) in [6.45, 7) is 1.28. The molecule has 4 nitrogen and oxygen atoms in total. The average Bonchev–Trinajstić information content (AvgIpc) is 2.31. The van der Waals surface area contributed by atoms with Crippen LogP contribution in [0.3, 0.4) is 0 Å². The van der Waals surface area contributed by atoms with Gasteiger partial charge in [-0.15, -0.1) is 0 Å². The fourth-order valence-corrected chi connectivity index (χ4v) is 1.16. The van der Waals surface area contributed by atoms with E-state index in [9.17, 15) is 4.39 Å². The third-order valence-corrected chi connectivity index (χ3v) is 1.90. The van der Waals surface area contributed by atoms with Crippen LogP contribution in [-0.4, -0.2) is 31.5 Å². The van der Waals surface area contributed by atoms with Crippen molar-refractivity contribution in [3.63, 3.8) is 0 Å². The number of nitrogens with zero attached hydrogens (tertiary/aromatic N) is 1. The van der Waals surface area contributed by atoms with Crippen LogP contribution in [0.1, 0.15) is 5.56 Å². The molecule has 0 aliphatic heterocycles. The highest BCUT2D eigenvalue weighted by atomic mass is 19.1. The topological polar surface area (TPSA) is 65.3 Å². The molecule has 1 aromatic carbocycles. The second-order valence-corrected chi connectivity index (χ2v) is 3.07. The summed E-state index contributed by atoms with van der Waals surface area (Å²) in [4.78, 5) is 0. The summed E-state index contributed by atoms with van der Waals surface area (Å²) in [6.07, 6.45) is 0. The van der Waals surface area contributed by atoms with Crippen molar-refractivity contribution in [1.29, 1.82) is 5.26 Å². The van der Waals surface area contributed by atoms with E-state index in [1.807, 2.05) is 0 Å². The largest absolute Gasteiger partial charge is 0.394 e. The van der Waals surface area contributed by atoms with Crippen molar-refractivity contribution in [2.45, 2.75) is 0 Å². The molecule has 5 heteroatoms. The number of ether oxygens (including phenoxy) is 1. The van der Waals surface area contributed by atoms with Gasteiger partial charge < -0.3 is 15.2 Å². The van der Waals surface area contributed by atoms with E-state index in [1.54, 1.807) is 12.1 Å². The summed E-state index contributed by atoms with van der Waals surface area (Å²) in [7, 11) is 0. The van der Waals surface area contributed by atoms with Crippen LogP contribution in [0.2, 0.25) is 0 Å². The maximum Gasteiger partial charge on any atom is 0.141 e. The summed E-state index contributed by atoms with van der Waals surface area (Å²) >= 11 is 0. The first-order valence-electron chi connectivity index (χ1n) is 4.90. The molecule has 0 saturated carbocycles. The molecule has 0 unspecified atom stereocenters. The number of rotatable bonds is 6. The summed E-state index contributed by atoms with van der Waals surface area (Å²) < 4.78 is 18.0. The Kier molecular flexibility index (Phi) is 5.26. The Morgan fingerprint density at radius 3 is 2.94 bits per heavy atom. The molecule has 0 aliphatic rings. The van der Waals surface area contributed by atoms with E-state index in [0.717, 1.165) is 0 Å². The zero-order chi connectivity index (χ0) is 11.8. The number of anilines is 1. The second-order valence-electron chi connectivity index (χ2n) is 3.07. The summed E-state index contributed by atoms with van der Waals surface area (Å²) in [5, 5.41) is 20.1. The monoisotopic (exact) mass is 224 g/mol. The van der Waals surface area contributed by atoms with E-state index in [-0.39, 0.29) is 12.2 Å². The fraction of sp³-hybridized carbons (Fsp3) is 0.364. The standard InChI is InChI=1S/C11H13FN2O2/c12-11-2-1-10(7-9(11)8-13)14-3-5-16-6-4-15/h1-2,7,14-15H,3-6H2. The van der Waals surface area contributed by atoms with Gasteiger partial charge in [-0.2, -0.15) is 5.26 Å². The van der Waals surface area contributed by atoms with Gasteiger partial charge in [-0.3, -0.25) is 0 Å². The lowest BCUT2D eigenvalue weighted by atomic mass is 10.2. The average molecular weight is 224 g/mol. The molecule has 0 radical (unpaired) electrons. The predicted molar refractivity (Wildman–Crippen MR) is 57.5 cm³/mol. The first-order chi connectivity index (χ1) is 7.77. The third kappa shape index (κ3) is 3.85.